The summed E-state index contributed by atoms with van der Waals surface area (Å²) in [5.41, 5.74) is 0. The van der Waals surface area contributed by atoms with E-state index in [9.17, 15) is 4.79 Å². The number of amides is 1. The van der Waals surface area contributed by atoms with Crippen molar-refractivity contribution in [3.05, 3.63) is 16.1 Å². The Morgan fingerprint density at radius 1 is 1.73 bits per heavy atom. The van der Waals surface area contributed by atoms with E-state index in [4.69, 9.17) is 5.11 Å². The summed E-state index contributed by atoms with van der Waals surface area (Å²) in [7, 11) is 0. The number of aryl methyl sites for hydroxylation is 1. The van der Waals surface area contributed by atoms with E-state index in [1.54, 1.807) is 6.20 Å². The largest absolute Gasteiger partial charge is 0.396 e. The normalized spacial score (nSPS) is 12.5. The molecular formula is C10H16N2O2S. The van der Waals surface area contributed by atoms with Gasteiger partial charge in [-0.05, 0) is 19.3 Å². The Bertz CT molecular complexity index is 325. The monoisotopic (exact) mass is 228 g/mol. The molecule has 5 heteroatoms. The molecule has 1 aromatic rings. The van der Waals surface area contributed by atoms with Gasteiger partial charge in [-0.25, -0.2) is 4.98 Å². The number of carbonyl (C=O) groups excluding carboxylic acids is 1. The number of hydrogen-bond donors (Lipinski definition) is 2. The number of aliphatic hydroxyl groups excluding tert-OH is 1. The first kappa shape index (κ1) is 12.1. The van der Waals surface area contributed by atoms with E-state index in [1.807, 2.05) is 13.8 Å². The second kappa shape index (κ2) is 5.82. The molecule has 0 spiro atoms. The van der Waals surface area contributed by atoms with E-state index in [0.717, 1.165) is 5.01 Å². The summed E-state index contributed by atoms with van der Waals surface area (Å²) in [4.78, 5) is 16.2. The van der Waals surface area contributed by atoms with Crippen molar-refractivity contribution in [3.63, 3.8) is 0 Å². The third-order valence-electron chi connectivity index (χ3n) is 2.08. The van der Waals surface area contributed by atoms with Gasteiger partial charge in [-0.3, -0.25) is 4.79 Å². The van der Waals surface area contributed by atoms with Gasteiger partial charge in [-0.15, -0.1) is 11.3 Å². The van der Waals surface area contributed by atoms with E-state index in [-0.39, 0.29) is 12.5 Å². The van der Waals surface area contributed by atoms with Gasteiger partial charge in [0.05, 0.1) is 11.2 Å². The van der Waals surface area contributed by atoms with Crippen LogP contribution in [0.5, 0.6) is 0 Å². The maximum atomic E-state index is 11.6. The Balaban J connectivity index is 2.36. The zero-order valence-electron chi connectivity index (χ0n) is 8.99. The molecule has 0 bridgehead atoms. The number of thiazole rings is 1. The quantitative estimate of drug-likeness (QED) is 0.796. The Morgan fingerprint density at radius 2 is 2.47 bits per heavy atom. The van der Waals surface area contributed by atoms with Gasteiger partial charge in [0, 0.05) is 13.2 Å². The molecule has 0 aliphatic heterocycles. The maximum absolute atomic E-state index is 11.6. The average molecular weight is 228 g/mol. The van der Waals surface area contributed by atoms with Crippen molar-refractivity contribution in [2.24, 2.45) is 5.92 Å². The molecule has 1 unspecified atom stereocenters. The van der Waals surface area contributed by atoms with Crippen molar-refractivity contribution in [1.82, 2.24) is 10.3 Å². The van der Waals surface area contributed by atoms with Gasteiger partial charge in [-0.2, -0.15) is 0 Å². The molecule has 1 aromatic heterocycles. The van der Waals surface area contributed by atoms with Crippen LogP contribution in [-0.2, 0) is 0 Å². The zero-order chi connectivity index (χ0) is 11.3. The molecule has 0 aliphatic carbocycles. The number of hydrogen-bond acceptors (Lipinski definition) is 4. The molecule has 2 N–H and O–H groups in total. The molecule has 1 rings (SSSR count). The number of aliphatic hydroxyl groups is 1. The molecule has 0 saturated heterocycles. The van der Waals surface area contributed by atoms with Crippen molar-refractivity contribution < 1.29 is 9.90 Å². The van der Waals surface area contributed by atoms with Crippen LogP contribution in [-0.4, -0.2) is 29.1 Å². The number of nitrogens with one attached hydrogen (secondary N) is 1. The van der Waals surface area contributed by atoms with Crippen LogP contribution in [0.4, 0.5) is 0 Å². The first-order valence-corrected chi connectivity index (χ1v) is 5.76. The Labute approximate surface area is 93.4 Å². The second-order valence-electron chi connectivity index (χ2n) is 3.57. The maximum Gasteiger partial charge on any atom is 0.263 e. The van der Waals surface area contributed by atoms with Crippen LogP contribution in [0.25, 0.3) is 0 Å². The first-order chi connectivity index (χ1) is 7.13. The minimum atomic E-state index is -0.0783. The summed E-state index contributed by atoms with van der Waals surface area (Å²) in [5.74, 6) is 0.221. The predicted octanol–water partition coefficient (Wildman–Crippen LogP) is 1.20. The smallest absolute Gasteiger partial charge is 0.263 e. The lowest BCUT2D eigenvalue weighted by Crippen LogP contribution is -2.28. The Kier molecular flexibility index (Phi) is 4.71. The molecule has 84 valence electrons. The van der Waals surface area contributed by atoms with Crippen molar-refractivity contribution in [1.29, 1.82) is 0 Å². The SMILES string of the molecule is Cc1ncc(C(=O)NCC(C)CCO)s1. The van der Waals surface area contributed by atoms with Crippen molar-refractivity contribution >= 4 is 17.2 Å². The van der Waals surface area contributed by atoms with E-state index < -0.39 is 0 Å². The second-order valence-corrected chi connectivity index (χ2v) is 4.81. The molecule has 0 aromatic carbocycles. The molecule has 1 atom stereocenters. The summed E-state index contributed by atoms with van der Waals surface area (Å²) in [6.45, 7) is 4.62. The molecule has 0 radical (unpaired) electrons. The van der Waals surface area contributed by atoms with E-state index in [0.29, 0.717) is 23.8 Å². The summed E-state index contributed by atoms with van der Waals surface area (Å²) in [6, 6.07) is 0. The molecule has 1 amide bonds. The highest BCUT2D eigenvalue weighted by atomic mass is 32.1. The molecular weight excluding hydrogens is 212 g/mol. The standard InChI is InChI=1S/C10H16N2O2S/c1-7(3-4-13)5-12-10(14)9-6-11-8(2)15-9/h6-7,13H,3-5H2,1-2H3,(H,12,14). The highest BCUT2D eigenvalue weighted by molar-refractivity contribution is 7.13. The Hall–Kier alpha value is -0.940. The van der Waals surface area contributed by atoms with Gasteiger partial charge in [0.15, 0.2) is 0 Å². The fourth-order valence-corrected chi connectivity index (χ4v) is 1.84. The lowest BCUT2D eigenvalue weighted by atomic mass is 10.1. The van der Waals surface area contributed by atoms with Crippen molar-refractivity contribution in [2.75, 3.05) is 13.2 Å². The molecule has 15 heavy (non-hydrogen) atoms. The number of rotatable bonds is 5. The molecule has 0 fully saturated rings. The molecule has 4 nitrogen and oxygen atoms in total. The molecule has 1 heterocycles. The lowest BCUT2D eigenvalue weighted by Gasteiger charge is -2.09. The average Bonchev–Trinajstić information content (AvgIpc) is 2.62. The number of carbonyl (C=O) groups is 1. The van der Waals surface area contributed by atoms with Gasteiger partial charge in [-0.1, -0.05) is 6.92 Å². The number of nitrogens with zero attached hydrogens (tertiary/aromatic N) is 1. The zero-order valence-corrected chi connectivity index (χ0v) is 9.80. The van der Waals surface area contributed by atoms with Crippen LogP contribution in [0.2, 0.25) is 0 Å². The van der Waals surface area contributed by atoms with Gasteiger partial charge in [0.2, 0.25) is 0 Å². The van der Waals surface area contributed by atoms with E-state index >= 15 is 0 Å². The van der Waals surface area contributed by atoms with Crippen LogP contribution < -0.4 is 5.32 Å². The van der Waals surface area contributed by atoms with E-state index in [2.05, 4.69) is 10.3 Å². The predicted molar refractivity (Wildman–Crippen MR) is 60.1 cm³/mol. The van der Waals surface area contributed by atoms with Crippen LogP contribution in [0, 0.1) is 12.8 Å². The fourth-order valence-electron chi connectivity index (χ4n) is 1.14. The minimum absolute atomic E-state index is 0.0783. The van der Waals surface area contributed by atoms with Crippen molar-refractivity contribution in [3.8, 4) is 0 Å². The summed E-state index contributed by atoms with van der Waals surface area (Å²) in [5, 5.41) is 12.4. The molecule has 0 aliphatic rings. The fraction of sp³-hybridized carbons (Fsp3) is 0.600. The van der Waals surface area contributed by atoms with Crippen LogP contribution in [0.3, 0.4) is 0 Å². The van der Waals surface area contributed by atoms with Crippen LogP contribution in [0.15, 0.2) is 6.20 Å². The van der Waals surface area contributed by atoms with E-state index in [1.165, 1.54) is 11.3 Å². The van der Waals surface area contributed by atoms with Crippen molar-refractivity contribution in [2.45, 2.75) is 20.3 Å². The van der Waals surface area contributed by atoms with Gasteiger partial charge < -0.3 is 10.4 Å². The lowest BCUT2D eigenvalue weighted by molar-refractivity contribution is 0.0949. The third kappa shape index (κ3) is 3.97. The first-order valence-electron chi connectivity index (χ1n) is 4.95. The van der Waals surface area contributed by atoms with Crippen LogP contribution >= 0.6 is 11.3 Å². The highest BCUT2D eigenvalue weighted by Gasteiger charge is 2.09. The third-order valence-corrected chi connectivity index (χ3v) is 2.99. The summed E-state index contributed by atoms with van der Waals surface area (Å²) in [6.07, 6.45) is 2.30. The molecule has 0 saturated carbocycles. The van der Waals surface area contributed by atoms with Gasteiger partial charge in [0.25, 0.3) is 5.91 Å². The number of aromatic nitrogens is 1. The van der Waals surface area contributed by atoms with Gasteiger partial charge >= 0.3 is 0 Å². The Morgan fingerprint density at radius 3 is 3.00 bits per heavy atom. The van der Waals surface area contributed by atoms with Gasteiger partial charge in [0.1, 0.15) is 4.88 Å². The minimum Gasteiger partial charge on any atom is -0.396 e. The topological polar surface area (TPSA) is 62.2 Å². The summed E-state index contributed by atoms with van der Waals surface area (Å²) < 4.78 is 0. The highest BCUT2D eigenvalue weighted by Crippen LogP contribution is 2.11. The van der Waals surface area contributed by atoms with Crippen LogP contribution in [0.1, 0.15) is 28.0 Å². The summed E-state index contributed by atoms with van der Waals surface area (Å²) >= 11 is 1.39.